The molecule has 0 aliphatic heterocycles. The summed E-state index contributed by atoms with van der Waals surface area (Å²) in [6, 6.07) is 1.89. The van der Waals surface area contributed by atoms with Crippen LogP contribution in [0.2, 0.25) is 0 Å². The summed E-state index contributed by atoms with van der Waals surface area (Å²) in [6.45, 7) is 0. The average molecular weight is 235 g/mol. The van der Waals surface area contributed by atoms with Crippen molar-refractivity contribution in [3.8, 4) is 0 Å². The lowest BCUT2D eigenvalue weighted by molar-refractivity contribution is 0.0697. The van der Waals surface area contributed by atoms with Crippen molar-refractivity contribution in [2.75, 3.05) is 11.9 Å². The molecule has 1 N–H and O–H groups in total. The Balaban J connectivity index is 2.23. The second kappa shape index (κ2) is 5.12. The molecule has 17 heavy (non-hydrogen) atoms. The molecule has 2 rings (SSSR count). The number of hydrogen-bond donors (Lipinski definition) is 1. The van der Waals surface area contributed by atoms with Crippen LogP contribution in [-0.2, 0) is 0 Å². The zero-order valence-electron chi connectivity index (χ0n) is 9.96. The van der Waals surface area contributed by atoms with Gasteiger partial charge >= 0.3 is 5.97 Å². The van der Waals surface area contributed by atoms with Crippen LogP contribution >= 0.6 is 0 Å². The van der Waals surface area contributed by atoms with Gasteiger partial charge in [-0.25, -0.2) is 4.79 Å². The summed E-state index contributed by atoms with van der Waals surface area (Å²) in [4.78, 5) is 13.1. The number of rotatable bonds is 3. The highest BCUT2D eigenvalue weighted by molar-refractivity contribution is 5.93. The Bertz CT molecular complexity index is 402. The third kappa shape index (κ3) is 2.54. The number of aromatic carboxylic acids is 1. The van der Waals surface area contributed by atoms with E-state index in [-0.39, 0.29) is 5.56 Å². The summed E-state index contributed by atoms with van der Waals surface area (Å²) in [7, 11) is 1.91. The predicted octanol–water partition coefficient (Wildman–Crippen LogP) is 1.94. The summed E-state index contributed by atoms with van der Waals surface area (Å²) in [5.41, 5.74) is 0.230. The van der Waals surface area contributed by atoms with Crippen LogP contribution in [0.3, 0.4) is 0 Å². The quantitative estimate of drug-likeness (QED) is 0.867. The van der Waals surface area contributed by atoms with Crippen molar-refractivity contribution in [1.82, 2.24) is 10.2 Å². The first kappa shape index (κ1) is 11.8. The normalized spacial score (nSPS) is 16.8. The molecule has 1 heterocycles. The zero-order chi connectivity index (χ0) is 12.3. The highest BCUT2D eigenvalue weighted by Gasteiger charge is 2.23. The van der Waals surface area contributed by atoms with E-state index in [9.17, 15) is 4.79 Å². The number of anilines is 1. The van der Waals surface area contributed by atoms with Crippen LogP contribution in [0.25, 0.3) is 0 Å². The second-order valence-electron chi connectivity index (χ2n) is 4.48. The first-order chi connectivity index (χ1) is 8.20. The molecule has 0 atom stereocenters. The molecule has 5 heteroatoms. The Morgan fingerprint density at radius 2 is 2.12 bits per heavy atom. The summed E-state index contributed by atoms with van der Waals surface area (Å²) < 4.78 is 0. The van der Waals surface area contributed by atoms with Crippen molar-refractivity contribution in [3.63, 3.8) is 0 Å². The van der Waals surface area contributed by atoms with Crippen LogP contribution in [0.5, 0.6) is 0 Å². The Morgan fingerprint density at radius 3 is 2.76 bits per heavy atom. The molecular formula is C12H17N3O2. The maximum Gasteiger partial charge on any atom is 0.339 e. The van der Waals surface area contributed by atoms with Crippen molar-refractivity contribution < 1.29 is 9.90 Å². The SMILES string of the molecule is CN(c1nnccc1C(=O)O)C1CCCCC1. The van der Waals surface area contributed by atoms with E-state index in [0.29, 0.717) is 11.9 Å². The van der Waals surface area contributed by atoms with E-state index in [4.69, 9.17) is 5.11 Å². The van der Waals surface area contributed by atoms with Crippen LogP contribution in [0.4, 0.5) is 5.82 Å². The maximum absolute atomic E-state index is 11.1. The number of carboxylic acids is 1. The summed E-state index contributed by atoms with van der Waals surface area (Å²) in [6.07, 6.45) is 7.31. The second-order valence-corrected chi connectivity index (χ2v) is 4.48. The van der Waals surface area contributed by atoms with Crippen molar-refractivity contribution >= 4 is 11.8 Å². The zero-order valence-corrected chi connectivity index (χ0v) is 9.96. The van der Waals surface area contributed by atoms with Gasteiger partial charge in [-0.1, -0.05) is 19.3 Å². The van der Waals surface area contributed by atoms with Crippen LogP contribution in [-0.4, -0.2) is 34.4 Å². The van der Waals surface area contributed by atoms with E-state index in [2.05, 4.69) is 10.2 Å². The minimum atomic E-state index is -0.947. The van der Waals surface area contributed by atoms with Gasteiger partial charge in [0.1, 0.15) is 5.56 Å². The van der Waals surface area contributed by atoms with Gasteiger partial charge in [0.15, 0.2) is 5.82 Å². The molecule has 1 aromatic heterocycles. The lowest BCUT2D eigenvalue weighted by atomic mass is 9.94. The van der Waals surface area contributed by atoms with Gasteiger partial charge in [-0.3, -0.25) is 0 Å². The fourth-order valence-electron chi connectivity index (χ4n) is 2.39. The van der Waals surface area contributed by atoms with E-state index < -0.39 is 5.97 Å². The molecular weight excluding hydrogens is 218 g/mol. The monoisotopic (exact) mass is 235 g/mol. The fraction of sp³-hybridized carbons (Fsp3) is 0.583. The van der Waals surface area contributed by atoms with Crippen LogP contribution in [0.1, 0.15) is 42.5 Å². The molecule has 0 amide bonds. The van der Waals surface area contributed by atoms with Crippen LogP contribution < -0.4 is 4.90 Å². The highest BCUT2D eigenvalue weighted by Crippen LogP contribution is 2.26. The summed E-state index contributed by atoms with van der Waals surface area (Å²) in [5.74, 6) is -0.468. The Morgan fingerprint density at radius 1 is 1.41 bits per heavy atom. The lowest BCUT2D eigenvalue weighted by Crippen LogP contribution is -2.35. The number of carbonyl (C=O) groups is 1. The van der Waals surface area contributed by atoms with Crippen molar-refractivity contribution in [2.24, 2.45) is 0 Å². The molecule has 1 aliphatic carbocycles. The van der Waals surface area contributed by atoms with Crippen molar-refractivity contribution in [2.45, 2.75) is 38.1 Å². The highest BCUT2D eigenvalue weighted by atomic mass is 16.4. The topological polar surface area (TPSA) is 66.3 Å². The molecule has 1 aliphatic rings. The first-order valence-corrected chi connectivity index (χ1v) is 5.98. The minimum absolute atomic E-state index is 0.230. The lowest BCUT2D eigenvalue weighted by Gasteiger charge is -2.32. The molecule has 0 radical (unpaired) electrons. The smallest absolute Gasteiger partial charge is 0.339 e. The number of nitrogens with zero attached hydrogens (tertiary/aromatic N) is 3. The van der Waals surface area contributed by atoms with Crippen LogP contribution in [0, 0.1) is 0 Å². The van der Waals surface area contributed by atoms with Crippen molar-refractivity contribution in [1.29, 1.82) is 0 Å². The molecule has 0 saturated heterocycles. The number of aromatic nitrogens is 2. The van der Waals surface area contributed by atoms with Gasteiger partial charge in [0.2, 0.25) is 0 Å². The predicted molar refractivity (Wildman–Crippen MR) is 64.3 cm³/mol. The van der Waals surface area contributed by atoms with Gasteiger partial charge in [0.25, 0.3) is 0 Å². The van der Waals surface area contributed by atoms with Gasteiger partial charge in [0, 0.05) is 13.1 Å². The molecule has 5 nitrogen and oxygen atoms in total. The molecule has 1 fully saturated rings. The molecule has 1 aromatic rings. The molecule has 0 spiro atoms. The van der Waals surface area contributed by atoms with E-state index >= 15 is 0 Å². The van der Waals surface area contributed by atoms with E-state index in [1.165, 1.54) is 31.5 Å². The minimum Gasteiger partial charge on any atom is -0.478 e. The van der Waals surface area contributed by atoms with Gasteiger partial charge in [-0.2, -0.15) is 5.10 Å². The Hall–Kier alpha value is -1.65. The van der Waals surface area contributed by atoms with Gasteiger partial charge in [-0.15, -0.1) is 5.10 Å². The number of carboxylic acid groups (broad SMARTS) is 1. The largest absolute Gasteiger partial charge is 0.478 e. The van der Waals surface area contributed by atoms with Gasteiger partial charge in [0.05, 0.1) is 6.20 Å². The fourth-order valence-corrected chi connectivity index (χ4v) is 2.39. The molecule has 0 aromatic carbocycles. The third-order valence-electron chi connectivity index (χ3n) is 3.39. The summed E-state index contributed by atoms with van der Waals surface area (Å²) >= 11 is 0. The first-order valence-electron chi connectivity index (χ1n) is 5.98. The van der Waals surface area contributed by atoms with Crippen LogP contribution in [0.15, 0.2) is 12.3 Å². The Kier molecular flexibility index (Phi) is 3.56. The third-order valence-corrected chi connectivity index (χ3v) is 3.39. The van der Waals surface area contributed by atoms with Gasteiger partial charge in [-0.05, 0) is 18.9 Å². The van der Waals surface area contributed by atoms with E-state index in [0.717, 1.165) is 12.8 Å². The molecule has 92 valence electrons. The maximum atomic E-state index is 11.1. The molecule has 0 unspecified atom stereocenters. The number of hydrogen-bond acceptors (Lipinski definition) is 4. The summed E-state index contributed by atoms with van der Waals surface area (Å²) in [5, 5.41) is 16.9. The van der Waals surface area contributed by atoms with Crippen molar-refractivity contribution in [3.05, 3.63) is 17.8 Å². The standard InChI is InChI=1S/C12H17N3O2/c1-15(9-5-3-2-4-6-9)11-10(12(16)17)7-8-13-14-11/h7-9H,2-6H2,1H3,(H,16,17). The van der Waals surface area contributed by atoms with Gasteiger partial charge < -0.3 is 10.0 Å². The molecule has 0 bridgehead atoms. The Labute approximate surface area is 100 Å². The van der Waals surface area contributed by atoms with E-state index in [1.54, 1.807) is 0 Å². The molecule has 1 saturated carbocycles. The van der Waals surface area contributed by atoms with E-state index in [1.807, 2.05) is 11.9 Å². The average Bonchev–Trinajstić information content (AvgIpc) is 2.39.